The summed E-state index contributed by atoms with van der Waals surface area (Å²) in [7, 11) is 4.20. The number of carboxylic acids is 2. The van der Waals surface area contributed by atoms with Crippen LogP contribution < -0.4 is 47.1 Å². The number of carboxylic acid groups (broad SMARTS) is 2. The van der Waals surface area contributed by atoms with Gasteiger partial charge >= 0.3 is 35.5 Å². The first-order chi connectivity index (χ1) is 14.9. The van der Waals surface area contributed by atoms with E-state index >= 15 is 0 Å². The third kappa shape index (κ3) is 30.9. The van der Waals surface area contributed by atoms with Crippen molar-refractivity contribution in [3.8, 4) is 0 Å². The summed E-state index contributed by atoms with van der Waals surface area (Å²) in [6.45, 7) is 11.3. The number of aliphatic carboxylic acids is 2. The van der Waals surface area contributed by atoms with Crippen molar-refractivity contribution in [3.05, 3.63) is 24.8 Å². The molecule has 0 saturated heterocycles. The topological polar surface area (TPSA) is 131 Å². The first-order valence-corrected chi connectivity index (χ1v) is 11.0. The van der Waals surface area contributed by atoms with Gasteiger partial charge in [0.25, 0.3) is 0 Å². The van der Waals surface area contributed by atoms with Gasteiger partial charge in [-0.05, 0) is 26.7 Å². The van der Waals surface area contributed by atoms with Crippen LogP contribution in [0.15, 0.2) is 24.8 Å². The number of aliphatic hydroxyl groups excluding tert-OH is 2. The van der Waals surface area contributed by atoms with Crippen molar-refractivity contribution < 1.29 is 72.0 Å². The molecule has 0 radical (unpaired) electrons. The van der Waals surface area contributed by atoms with Crippen LogP contribution in [-0.4, -0.2) is 99.6 Å². The summed E-state index contributed by atoms with van der Waals surface area (Å²) in [4.78, 5) is 27.8. The van der Waals surface area contributed by atoms with Crippen molar-refractivity contribution in [1.82, 2.24) is 19.6 Å². The van der Waals surface area contributed by atoms with Crippen LogP contribution in [0.4, 0.5) is 0 Å². The van der Waals surface area contributed by atoms with Gasteiger partial charge in [0.1, 0.15) is 6.10 Å². The molecule has 0 spiro atoms. The van der Waals surface area contributed by atoms with E-state index in [1.54, 1.807) is 0 Å². The Bertz CT molecular complexity index is 521. The summed E-state index contributed by atoms with van der Waals surface area (Å²) in [5, 5.41) is 33.1. The maximum absolute atomic E-state index is 9.45. The van der Waals surface area contributed by atoms with Crippen LogP contribution in [-0.2, 0) is 9.59 Å². The Morgan fingerprint density at radius 1 is 0.833 bits per heavy atom. The first-order valence-electron chi connectivity index (χ1n) is 11.0. The largest absolute Gasteiger partial charge is 1.00 e. The zero-order valence-corrected chi connectivity index (χ0v) is 24.6. The Balaban J connectivity index is -0.0000000827. The molecule has 0 aliphatic carbocycles. The summed E-state index contributed by atoms with van der Waals surface area (Å²) >= 11 is 0. The molecule has 0 aromatic rings. The fourth-order valence-electron chi connectivity index (χ4n) is 2.19. The monoisotopic (exact) mass is 549 g/mol. The van der Waals surface area contributed by atoms with Gasteiger partial charge in [-0.1, -0.05) is 41.5 Å². The van der Waals surface area contributed by atoms with Crippen molar-refractivity contribution in [1.29, 1.82) is 0 Å². The van der Waals surface area contributed by atoms with E-state index in [-0.39, 0.29) is 56.8 Å². The van der Waals surface area contributed by atoms with E-state index in [2.05, 4.69) is 72.3 Å². The zero-order valence-electron chi connectivity index (χ0n) is 21.9. The molecule has 0 fully saturated rings. The number of rotatable bonds is 8. The number of carbonyl (C=O) groups excluding carboxylic acids is 1. The number of aliphatic hydroxyl groups is 2. The molecule has 2 aliphatic rings. The SMILES string of the molecule is C.C.CCCCN1C=CN(C)C1.CCCCN1C=CN(C)C1.C[C@H](O)C(=O)O.C[C@H](O)C(=O)[O-].[Cl-].[Na+]. The van der Waals surface area contributed by atoms with Crippen molar-refractivity contribution in [2.45, 2.75) is 80.4 Å². The van der Waals surface area contributed by atoms with Gasteiger partial charge in [-0.2, -0.15) is 0 Å². The molecule has 0 saturated carbocycles. The van der Waals surface area contributed by atoms with E-state index in [4.69, 9.17) is 15.3 Å². The predicted octanol–water partition coefficient (Wildman–Crippen LogP) is -4.23. The maximum atomic E-state index is 9.45. The Kier molecular flexibility index (Phi) is 40.0. The van der Waals surface area contributed by atoms with Crippen LogP contribution in [0.5, 0.6) is 0 Å². The fraction of sp³-hybridized carbons (Fsp3) is 0.750. The summed E-state index contributed by atoms with van der Waals surface area (Å²) in [6.07, 6.45) is 11.2. The Morgan fingerprint density at radius 3 is 1.25 bits per heavy atom. The molecular weight excluding hydrogens is 499 g/mol. The molecule has 3 N–H and O–H groups in total. The van der Waals surface area contributed by atoms with Crippen LogP contribution in [0.25, 0.3) is 0 Å². The summed E-state index contributed by atoms with van der Waals surface area (Å²) in [5.41, 5.74) is 0. The molecule has 2 heterocycles. The summed E-state index contributed by atoms with van der Waals surface area (Å²) in [6, 6.07) is 0. The van der Waals surface area contributed by atoms with Crippen LogP contribution in [0, 0.1) is 0 Å². The minimum Gasteiger partial charge on any atom is -1.00 e. The second kappa shape index (κ2) is 30.1. The molecule has 12 heteroatoms. The zero-order chi connectivity index (χ0) is 25.1. The van der Waals surface area contributed by atoms with Crippen molar-refractivity contribution in [3.63, 3.8) is 0 Å². The van der Waals surface area contributed by atoms with E-state index in [0.717, 1.165) is 20.3 Å². The van der Waals surface area contributed by atoms with Crippen molar-refractivity contribution in [2.75, 3.05) is 40.5 Å². The third-order valence-electron chi connectivity index (χ3n) is 4.17. The van der Waals surface area contributed by atoms with E-state index in [0.29, 0.717) is 0 Å². The van der Waals surface area contributed by atoms with Gasteiger partial charge in [-0.15, -0.1) is 0 Å². The number of hydrogen-bond donors (Lipinski definition) is 3. The van der Waals surface area contributed by atoms with E-state index in [1.165, 1.54) is 45.7 Å². The van der Waals surface area contributed by atoms with Gasteiger partial charge in [-0.25, -0.2) is 4.79 Å². The Morgan fingerprint density at radius 2 is 1.11 bits per heavy atom. The quantitative estimate of drug-likeness (QED) is 0.256. The van der Waals surface area contributed by atoms with Gasteiger partial charge in [0.15, 0.2) is 0 Å². The summed E-state index contributed by atoms with van der Waals surface area (Å²) < 4.78 is 0. The van der Waals surface area contributed by atoms with E-state index < -0.39 is 24.1 Å². The molecule has 2 rings (SSSR count). The average Bonchev–Trinajstić information content (AvgIpc) is 3.33. The van der Waals surface area contributed by atoms with Gasteiger partial charge in [0.05, 0.1) is 25.4 Å². The van der Waals surface area contributed by atoms with E-state index in [1.807, 2.05) is 0 Å². The molecule has 36 heavy (non-hydrogen) atoms. The molecule has 0 amide bonds. The van der Waals surface area contributed by atoms with Crippen LogP contribution >= 0.6 is 0 Å². The molecule has 2 aliphatic heterocycles. The minimum absolute atomic E-state index is 0. The van der Waals surface area contributed by atoms with Crippen molar-refractivity contribution >= 4 is 11.9 Å². The third-order valence-corrected chi connectivity index (χ3v) is 4.17. The van der Waals surface area contributed by atoms with Gasteiger partial charge in [0, 0.05) is 52.0 Å². The second-order valence-electron chi connectivity index (χ2n) is 7.73. The van der Waals surface area contributed by atoms with Gasteiger partial charge in [0.2, 0.25) is 0 Å². The molecule has 212 valence electrons. The molecular formula is C24H51ClN4NaO6-. The standard InChI is InChI=1S/2C8H16N2.2C3H6O3.2CH4.ClH.Na/c2*1-3-4-5-10-7-6-9(2)8-10;2*1-2(4)3(5)6;;;;/h2*6-7H,3-5,8H2,1-2H3;2*2,4H,1H3,(H,5,6);2*1H4;1H;/q;;;;;;;+1/p-2/t;;2*2-;;;;/m..00..../s1. The fourth-order valence-corrected chi connectivity index (χ4v) is 2.19. The van der Waals surface area contributed by atoms with Gasteiger partial charge in [-0.3, -0.25) is 0 Å². The number of carbonyl (C=O) groups is 2. The predicted molar refractivity (Wildman–Crippen MR) is 136 cm³/mol. The number of halogens is 1. The normalized spacial score (nSPS) is 14.0. The van der Waals surface area contributed by atoms with Crippen molar-refractivity contribution in [2.24, 2.45) is 0 Å². The number of nitrogens with zero attached hydrogens (tertiary/aromatic N) is 4. The average molecular weight is 550 g/mol. The van der Waals surface area contributed by atoms with E-state index in [9.17, 15) is 14.7 Å². The molecule has 0 bridgehead atoms. The number of unbranched alkanes of at least 4 members (excludes halogenated alkanes) is 2. The number of hydrogen-bond acceptors (Lipinski definition) is 9. The molecule has 0 aromatic heterocycles. The molecule has 10 nitrogen and oxygen atoms in total. The summed E-state index contributed by atoms with van der Waals surface area (Å²) in [5.74, 6) is -2.62. The Labute approximate surface area is 248 Å². The Hall–Kier alpha value is -1.17. The molecule has 2 atom stereocenters. The first kappa shape index (κ1) is 48.0. The van der Waals surface area contributed by atoms with Crippen LogP contribution in [0.2, 0.25) is 0 Å². The molecule has 0 aromatic carbocycles. The van der Waals surface area contributed by atoms with Gasteiger partial charge < -0.3 is 57.2 Å². The minimum atomic E-state index is -1.44. The second-order valence-corrected chi connectivity index (χ2v) is 7.73. The maximum Gasteiger partial charge on any atom is 1.00 e. The smallest absolute Gasteiger partial charge is 1.00 e. The van der Waals surface area contributed by atoms with Crippen LogP contribution in [0.1, 0.15) is 68.2 Å². The van der Waals surface area contributed by atoms with Crippen LogP contribution in [0.3, 0.4) is 0 Å². The molecule has 0 unspecified atom stereocenters.